The van der Waals surface area contributed by atoms with Gasteiger partial charge in [0.05, 0.1) is 16.8 Å². The summed E-state index contributed by atoms with van der Waals surface area (Å²) >= 11 is 0. The van der Waals surface area contributed by atoms with Gasteiger partial charge in [-0.2, -0.15) is 0 Å². The van der Waals surface area contributed by atoms with E-state index in [9.17, 15) is 0 Å². The summed E-state index contributed by atoms with van der Waals surface area (Å²) in [6.07, 6.45) is 0. The maximum atomic E-state index is 6.87. The standard InChI is InChI=1S/C59H39NO/c1-4-17-40(18-5-1)42-31-35-46(36-32-42)60(53-37-33-45(41-19-6-2-7-20-41)39-49(53)43-21-8-3-9-22-43)54-29-16-28-52-57(54)48-25-12-13-26-50(48)59(52)51-27-14-15-30-55(51)61-56-38-34-44-23-10-11-24-47(44)58(56)59/h1-39H. The van der Waals surface area contributed by atoms with E-state index in [1.165, 1.54) is 60.8 Å². The zero-order chi connectivity index (χ0) is 40.3. The molecular formula is C59H39NO. The number of para-hydroxylation sites is 1. The van der Waals surface area contributed by atoms with E-state index in [2.05, 4.69) is 241 Å². The van der Waals surface area contributed by atoms with Crippen molar-refractivity contribution in [3.63, 3.8) is 0 Å². The van der Waals surface area contributed by atoms with Gasteiger partial charge < -0.3 is 9.64 Å². The lowest BCUT2D eigenvalue weighted by Gasteiger charge is -2.40. The molecule has 2 aliphatic rings. The molecule has 1 spiro atoms. The minimum Gasteiger partial charge on any atom is -0.457 e. The third-order valence-corrected chi connectivity index (χ3v) is 12.7. The Morgan fingerprint density at radius 2 is 0.934 bits per heavy atom. The highest BCUT2D eigenvalue weighted by molar-refractivity contribution is 6.03. The van der Waals surface area contributed by atoms with E-state index in [0.29, 0.717) is 0 Å². The van der Waals surface area contributed by atoms with Crippen molar-refractivity contribution >= 4 is 27.8 Å². The van der Waals surface area contributed by atoms with Crippen LogP contribution < -0.4 is 9.64 Å². The smallest absolute Gasteiger partial charge is 0.132 e. The van der Waals surface area contributed by atoms with Crippen LogP contribution in [0, 0.1) is 0 Å². The third-order valence-electron chi connectivity index (χ3n) is 12.7. The van der Waals surface area contributed by atoms with Crippen molar-refractivity contribution in [3.8, 4) is 56.0 Å². The van der Waals surface area contributed by atoms with Crippen molar-refractivity contribution < 1.29 is 4.74 Å². The van der Waals surface area contributed by atoms with Gasteiger partial charge in [0.2, 0.25) is 0 Å². The summed E-state index contributed by atoms with van der Waals surface area (Å²) in [5.41, 5.74) is 17.0. The van der Waals surface area contributed by atoms with Crippen LogP contribution in [0.15, 0.2) is 237 Å². The van der Waals surface area contributed by atoms with Gasteiger partial charge >= 0.3 is 0 Å². The molecule has 0 N–H and O–H groups in total. The predicted molar refractivity (Wildman–Crippen MR) is 252 cm³/mol. The summed E-state index contributed by atoms with van der Waals surface area (Å²) in [6, 6.07) is 85.9. The average Bonchev–Trinajstić information content (AvgIpc) is 3.63. The average molecular weight is 778 g/mol. The lowest BCUT2D eigenvalue weighted by molar-refractivity contribution is 0.438. The fourth-order valence-electron chi connectivity index (χ4n) is 10.1. The molecule has 2 nitrogen and oxygen atoms in total. The molecule has 1 unspecified atom stereocenters. The van der Waals surface area contributed by atoms with E-state index in [4.69, 9.17) is 4.74 Å². The van der Waals surface area contributed by atoms with E-state index in [-0.39, 0.29) is 0 Å². The fourth-order valence-corrected chi connectivity index (χ4v) is 10.1. The number of ether oxygens (including phenoxy) is 1. The maximum absolute atomic E-state index is 6.87. The van der Waals surface area contributed by atoms with Crippen LogP contribution in [0.2, 0.25) is 0 Å². The molecule has 2 heteroatoms. The molecule has 0 aromatic heterocycles. The van der Waals surface area contributed by atoms with Gasteiger partial charge in [-0.25, -0.2) is 0 Å². The predicted octanol–water partition coefficient (Wildman–Crippen LogP) is 15.8. The van der Waals surface area contributed by atoms with Crippen LogP contribution >= 0.6 is 0 Å². The number of fused-ring (bicyclic) bond motifs is 11. The zero-order valence-electron chi connectivity index (χ0n) is 33.4. The molecule has 10 aromatic carbocycles. The molecular weight excluding hydrogens is 739 g/mol. The molecule has 10 aromatic rings. The van der Waals surface area contributed by atoms with Crippen LogP contribution in [0.4, 0.5) is 17.1 Å². The Hall–Kier alpha value is -7.94. The third kappa shape index (κ3) is 5.43. The first-order valence-corrected chi connectivity index (χ1v) is 21.0. The number of nitrogens with zero attached hydrogens (tertiary/aromatic N) is 1. The normalized spacial score (nSPS) is 14.4. The molecule has 1 atom stereocenters. The quantitative estimate of drug-likeness (QED) is 0.167. The molecule has 1 heterocycles. The molecule has 0 saturated heterocycles. The van der Waals surface area contributed by atoms with E-state index >= 15 is 0 Å². The number of anilines is 3. The van der Waals surface area contributed by atoms with Crippen molar-refractivity contribution in [2.24, 2.45) is 0 Å². The molecule has 0 bridgehead atoms. The van der Waals surface area contributed by atoms with E-state index in [1.54, 1.807) is 0 Å². The number of hydrogen-bond donors (Lipinski definition) is 0. The first-order chi connectivity index (χ1) is 30.3. The fraction of sp³-hybridized carbons (Fsp3) is 0.0169. The summed E-state index contributed by atoms with van der Waals surface area (Å²) in [6.45, 7) is 0. The van der Waals surface area contributed by atoms with Crippen LogP contribution in [-0.2, 0) is 5.41 Å². The molecule has 0 radical (unpaired) electrons. The topological polar surface area (TPSA) is 12.5 Å². The van der Waals surface area contributed by atoms with E-state index < -0.39 is 5.41 Å². The second-order valence-corrected chi connectivity index (χ2v) is 16.0. The molecule has 1 aliphatic heterocycles. The minimum absolute atomic E-state index is 0.644. The monoisotopic (exact) mass is 777 g/mol. The summed E-state index contributed by atoms with van der Waals surface area (Å²) in [4.78, 5) is 2.50. The lowest BCUT2D eigenvalue weighted by Crippen LogP contribution is -2.32. The van der Waals surface area contributed by atoms with Gasteiger partial charge in [-0.05, 0) is 97.7 Å². The Morgan fingerprint density at radius 3 is 1.70 bits per heavy atom. The Bertz CT molecular complexity index is 3270. The highest BCUT2D eigenvalue weighted by atomic mass is 16.5. The highest BCUT2D eigenvalue weighted by Gasteiger charge is 2.52. The van der Waals surface area contributed by atoms with Gasteiger partial charge in [-0.1, -0.05) is 194 Å². The van der Waals surface area contributed by atoms with Gasteiger partial charge in [0.1, 0.15) is 11.5 Å². The van der Waals surface area contributed by atoms with Crippen molar-refractivity contribution in [2.75, 3.05) is 4.90 Å². The lowest BCUT2D eigenvalue weighted by atomic mass is 9.65. The molecule has 12 rings (SSSR count). The summed E-state index contributed by atoms with van der Waals surface area (Å²) < 4.78 is 6.87. The Kier molecular flexibility index (Phi) is 8.11. The van der Waals surface area contributed by atoms with Gasteiger partial charge in [0.25, 0.3) is 0 Å². The minimum atomic E-state index is -0.644. The van der Waals surface area contributed by atoms with Crippen LogP contribution in [0.1, 0.15) is 22.3 Å². The summed E-state index contributed by atoms with van der Waals surface area (Å²) in [5, 5.41) is 2.38. The number of rotatable bonds is 6. The molecule has 0 saturated carbocycles. The van der Waals surface area contributed by atoms with Crippen LogP contribution in [0.25, 0.3) is 55.3 Å². The van der Waals surface area contributed by atoms with E-state index in [0.717, 1.165) is 45.3 Å². The maximum Gasteiger partial charge on any atom is 0.132 e. The zero-order valence-corrected chi connectivity index (χ0v) is 33.4. The van der Waals surface area contributed by atoms with Crippen molar-refractivity contribution in [1.29, 1.82) is 0 Å². The Balaban J connectivity index is 1.18. The van der Waals surface area contributed by atoms with Crippen LogP contribution in [0.3, 0.4) is 0 Å². The van der Waals surface area contributed by atoms with Gasteiger partial charge in [0.15, 0.2) is 0 Å². The van der Waals surface area contributed by atoms with Crippen LogP contribution in [0.5, 0.6) is 11.5 Å². The summed E-state index contributed by atoms with van der Waals surface area (Å²) in [7, 11) is 0. The molecule has 0 fully saturated rings. The summed E-state index contributed by atoms with van der Waals surface area (Å²) in [5.74, 6) is 1.77. The van der Waals surface area contributed by atoms with Gasteiger partial charge in [0, 0.05) is 27.9 Å². The van der Waals surface area contributed by atoms with Crippen LogP contribution in [-0.4, -0.2) is 0 Å². The van der Waals surface area contributed by atoms with Gasteiger partial charge in [-0.3, -0.25) is 0 Å². The van der Waals surface area contributed by atoms with Crippen molar-refractivity contribution in [1.82, 2.24) is 0 Å². The van der Waals surface area contributed by atoms with Gasteiger partial charge in [-0.15, -0.1) is 0 Å². The van der Waals surface area contributed by atoms with E-state index in [1.807, 2.05) is 0 Å². The second-order valence-electron chi connectivity index (χ2n) is 16.0. The number of hydrogen-bond acceptors (Lipinski definition) is 2. The molecule has 1 aliphatic carbocycles. The number of benzene rings is 10. The second kappa shape index (κ2) is 14.1. The molecule has 286 valence electrons. The highest BCUT2D eigenvalue weighted by Crippen LogP contribution is 2.65. The Morgan fingerprint density at radius 1 is 0.344 bits per heavy atom. The first-order valence-electron chi connectivity index (χ1n) is 21.0. The Labute approximate surface area is 356 Å². The largest absolute Gasteiger partial charge is 0.457 e. The molecule has 61 heavy (non-hydrogen) atoms. The van der Waals surface area contributed by atoms with Crippen molar-refractivity contribution in [3.05, 3.63) is 259 Å². The SMILES string of the molecule is c1ccc(-c2ccc(N(c3ccc(-c4ccccc4)cc3-c3ccccc3)c3cccc4c3-c3ccccc3C43c4ccccc4Oc4ccc5ccccc5c43)cc2)cc1. The molecule has 0 amide bonds. The van der Waals surface area contributed by atoms with Crippen molar-refractivity contribution in [2.45, 2.75) is 5.41 Å². The first kappa shape index (κ1) is 35.0.